The molecule has 2 heterocycles. The van der Waals surface area contributed by atoms with E-state index in [2.05, 4.69) is 15.6 Å². The molecule has 4 rings (SSSR count). The van der Waals surface area contributed by atoms with Crippen LogP contribution in [0, 0.1) is 0 Å². The summed E-state index contributed by atoms with van der Waals surface area (Å²) in [7, 11) is 3.45. The average molecular weight is 421 g/mol. The maximum atomic E-state index is 12.6. The lowest BCUT2D eigenvalue weighted by Gasteiger charge is -2.13. The number of imidazole rings is 1. The van der Waals surface area contributed by atoms with Gasteiger partial charge in [0.2, 0.25) is 5.91 Å². The average Bonchev–Trinajstić information content (AvgIpc) is 3.24. The van der Waals surface area contributed by atoms with E-state index >= 15 is 0 Å². The Hall–Kier alpha value is -3.88. The van der Waals surface area contributed by atoms with Gasteiger partial charge in [-0.3, -0.25) is 14.5 Å². The summed E-state index contributed by atoms with van der Waals surface area (Å²) in [5.41, 5.74) is 2.61. The van der Waals surface area contributed by atoms with Gasteiger partial charge in [0, 0.05) is 7.05 Å². The number of carbonyl (C=O) groups is 3. The van der Waals surface area contributed by atoms with E-state index in [1.54, 1.807) is 31.4 Å². The Labute approximate surface area is 179 Å². The lowest BCUT2D eigenvalue weighted by atomic mass is 10.1. The monoisotopic (exact) mass is 421 g/mol. The number of hydrogen-bond donors (Lipinski definition) is 2. The van der Waals surface area contributed by atoms with Crippen molar-refractivity contribution in [2.45, 2.75) is 25.6 Å². The molecule has 0 spiro atoms. The highest BCUT2D eigenvalue weighted by atomic mass is 16.5. The normalized spacial score (nSPS) is 15.9. The Balaban J connectivity index is 1.34. The zero-order chi connectivity index (χ0) is 22.0. The van der Waals surface area contributed by atoms with Crippen molar-refractivity contribution < 1.29 is 19.1 Å². The minimum atomic E-state index is -0.883. The lowest BCUT2D eigenvalue weighted by molar-refractivity contribution is -0.131. The first kappa shape index (κ1) is 20.4. The van der Waals surface area contributed by atoms with E-state index in [-0.39, 0.29) is 25.4 Å². The minimum Gasteiger partial charge on any atom is -0.497 e. The molecule has 0 radical (unpaired) electrons. The molecule has 1 atom stereocenters. The van der Waals surface area contributed by atoms with Crippen molar-refractivity contribution in [1.29, 1.82) is 0 Å². The molecule has 31 heavy (non-hydrogen) atoms. The number of aryl methyl sites for hydroxylation is 1. The van der Waals surface area contributed by atoms with Crippen LogP contribution in [0.15, 0.2) is 48.5 Å². The fourth-order valence-corrected chi connectivity index (χ4v) is 3.57. The highest BCUT2D eigenvalue weighted by molar-refractivity contribution is 6.05. The van der Waals surface area contributed by atoms with Crippen molar-refractivity contribution in [2.75, 3.05) is 7.11 Å². The number of nitrogens with one attached hydrogen (secondary N) is 2. The van der Waals surface area contributed by atoms with Crippen molar-refractivity contribution >= 4 is 28.9 Å². The molecule has 0 unspecified atom stereocenters. The van der Waals surface area contributed by atoms with E-state index in [1.807, 2.05) is 35.9 Å². The van der Waals surface area contributed by atoms with E-state index in [1.165, 1.54) is 0 Å². The van der Waals surface area contributed by atoms with E-state index in [9.17, 15) is 14.4 Å². The highest BCUT2D eigenvalue weighted by Crippen LogP contribution is 2.17. The molecule has 9 heteroatoms. The molecule has 0 saturated carbocycles. The number of aromatic nitrogens is 2. The van der Waals surface area contributed by atoms with Crippen molar-refractivity contribution in [3.05, 3.63) is 59.9 Å². The molecular weight excluding hydrogens is 398 g/mol. The first-order valence-electron chi connectivity index (χ1n) is 9.88. The van der Waals surface area contributed by atoms with Gasteiger partial charge in [-0.1, -0.05) is 24.3 Å². The molecule has 1 aliphatic rings. The largest absolute Gasteiger partial charge is 0.497 e. The number of para-hydroxylation sites is 2. The number of hydrogen-bond acceptors (Lipinski definition) is 5. The van der Waals surface area contributed by atoms with Crippen molar-refractivity contribution in [2.24, 2.45) is 7.05 Å². The number of carbonyl (C=O) groups excluding carboxylic acids is 3. The van der Waals surface area contributed by atoms with Crippen LogP contribution in [0.4, 0.5) is 4.79 Å². The van der Waals surface area contributed by atoms with E-state index in [4.69, 9.17) is 4.74 Å². The minimum absolute atomic E-state index is 0.131. The summed E-state index contributed by atoms with van der Waals surface area (Å²) in [6, 6.07) is 13.4. The molecule has 2 N–H and O–H groups in total. The van der Waals surface area contributed by atoms with Crippen LogP contribution in [0.2, 0.25) is 0 Å². The van der Waals surface area contributed by atoms with Crippen LogP contribution in [0.25, 0.3) is 11.0 Å². The number of rotatable bonds is 7. The van der Waals surface area contributed by atoms with Crippen LogP contribution in [0.5, 0.6) is 5.75 Å². The maximum Gasteiger partial charge on any atom is 0.325 e. The molecular formula is C22H23N5O4. The summed E-state index contributed by atoms with van der Waals surface area (Å²) in [6.07, 6.45) is -0.131. The molecule has 1 aromatic heterocycles. The Morgan fingerprint density at radius 2 is 1.90 bits per heavy atom. The van der Waals surface area contributed by atoms with Gasteiger partial charge in [-0.25, -0.2) is 9.78 Å². The molecule has 4 amide bonds. The number of methoxy groups -OCH3 is 1. The summed E-state index contributed by atoms with van der Waals surface area (Å²) in [4.78, 5) is 42.9. The van der Waals surface area contributed by atoms with Crippen molar-refractivity contribution in [1.82, 2.24) is 25.1 Å². The molecule has 3 aromatic rings. The first-order valence-corrected chi connectivity index (χ1v) is 9.88. The molecule has 160 valence electrons. The topological polar surface area (TPSA) is 106 Å². The summed E-state index contributed by atoms with van der Waals surface area (Å²) in [5, 5.41) is 5.37. The first-order chi connectivity index (χ1) is 15.0. The summed E-state index contributed by atoms with van der Waals surface area (Å²) >= 11 is 0. The third kappa shape index (κ3) is 4.20. The predicted octanol–water partition coefficient (Wildman–Crippen LogP) is 1.71. The Morgan fingerprint density at radius 1 is 1.16 bits per heavy atom. The standard InChI is InChI=1S/C22H23N5O4/c1-26-18-6-4-3-5-16(18)24-19(26)12-23-20(28)11-17-21(29)27(22(30)25-17)13-14-7-9-15(31-2)10-8-14/h3-10,17H,11-13H2,1-2H3,(H,23,28)(H,25,30)/t17-/m0/s1. The molecule has 1 aliphatic heterocycles. The molecule has 1 saturated heterocycles. The SMILES string of the molecule is COc1ccc(CN2C(=O)N[C@@H](CC(=O)NCc3nc4ccccc4n3C)C2=O)cc1. The number of ether oxygens (including phenoxy) is 1. The lowest BCUT2D eigenvalue weighted by Crippen LogP contribution is -2.36. The maximum absolute atomic E-state index is 12.6. The number of benzene rings is 2. The van der Waals surface area contributed by atoms with Crippen molar-refractivity contribution in [3.8, 4) is 5.75 Å². The number of fused-ring (bicyclic) bond motifs is 1. The molecule has 0 bridgehead atoms. The van der Waals surface area contributed by atoms with Crippen LogP contribution in [0.3, 0.4) is 0 Å². The summed E-state index contributed by atoms with van der Waals surface area (Å²) in [6.45, 7) is 0.362. The zero-order valence-corrected chi connectivity index (χ0v) is 17.3. The predicted molar refractivity (Wildman–Crippen MR) is 113 cm³/mol. The number of urea groups is 1. The Kier molecular flexibility index (Phi) is 5.57. The second-order valence-electron chi connectivity index (χ2n) is 7.33. The fraction of sp³-hybridized carbons (Fsp3) is 0.273. The van der Waals surface area contributed by atoms with Crippen LogP contribution in [0.1, 0.15) is 17.8 Å². The van der Waals surface area contributed by atoms with Gasteiger partial charge >= 0.3 is 6.03 Å². The third-order valence-corrected chi connectivity index (χ3v) is 5.32. The Morgan fingerprint density at radius 3 is 2.61 bits per heavy atom. The van der Waals surface area contributed by atoms with Crippen LogP contribution in [-0.4, -0.2) is 45.4 Å². The van der Waals surface area contributed by atoms with Gasteiger partial charge in [0.15, 0.2) is 0 Å². The van der Waals surface area contributed by atoms with Gasteiger partial charge in [0.1, 0.15) is 17.6 Å². The van der Waals surface area contributed by atoms with Gasteiger partial charge < -0.3 is 19.9 Å². The van der Waals surface area contributed by atoms with Crippen LogP contribution < -0.4 is 15.4 Å². The molecule has 0 aliphatic carbocycles. The highest BCUT2D eigenvalue weighted by Gasteiger charge is 2.38. The van der Waals surface area contributed by atoms with E-state index in [0.29, 0.717) is 11.6 Å². The van der Waals surface area contributed by atoms with Gasteiger partial charge in [-0.05, 0) is 29.8 Å². The van der Waals surface area contributed by atoms with E-state index in [0.717, 1.165) is 21.5 Å². The number of imide groups is 1. The van der Waals surface area contributed by atoms with Gasteiger partial charge in [0.25, 0.3) is 5.91 Å². The zero-order valence-electron chi connectivity index (χ0n) is 17.3. The number of nitrogens with zero attached hydrogens (tertiary/aromatic N) is 3. The molecule has 1 fully saturated rings. The van der Waals surface area contributed by atoms with Crippen LogP contribution in [-0.2, 0) is 29.7 Å². The summed E-state index contributed by atoms with van der Waals surface area (Å²) in [5.74, 6) is 0.643. The Bertz CT molecular complexity index is 1140. The van der Waals surface area contributed by atoms with Gasteiger partial charge in [0.05, 0.1) is 37.7 Å². The quantitative estimate of drug-likeness (QED) is 0.565. The summed E-state index contributed by atoms with van der Waals surface area (Å²) < 4.78 is 7.02. The van der Waals surface area contributed by atoms with Gasteiger partial charge in [-0.2, -0.15) is 0 Å². The third-order valence-electron chi connectivity index (χ3n) is 5.32. The number of amides is 4. The second-order valence-corrected chi connectivity index (χ2v) is 7.33. The van der Waals surface area contributed by atoms with Gasteiger partial charge in [-0.15, -0.1) is 0 Å². The van der Waals surface area contributed by atoms with E-state index < -0.39 is 18.0 Å². The smallest absolute Gasteiger partial charge is 0.325 e. The molecule has 2 aromatic carbocycles. The second kappa shape index (κ2) is 8.47. The molecule has 9 nitrogen and oxygen atoms in total. The fourth-order valence-electron chi connectivity index (χ4n) is 3.57. The van der Waals surface area contributed by atoms with Crippen molar-refractivity contribution in [3.63, 3.8) is 0 Å². The van der Waals surface area contributed by atoms with Crippen LogP contribution >= 0.6 is 0 Å².